The van der Waals surface area contributed by atoms with Crippen molar-refractivity contribution < 1.29 is 9.47 Å². The van der Waals surface area contributed by atoms with Gasteiger partial charge in [0.05, 0.1) is 30.5 Å². The van der Waals surface area contributed by atoms with Gasteiger partial charge in [0.1, 0.15) is 0 Å². The van der Waals surface area contributed by atoms with E-state index < -0.39 is 0 Å². The number of halogens is 1. The van der Waals surface area contributed by atoms with E-state index in [0.29, 0.717) is 19.2 Å². The fraction of sp³-hybridized carbons (Fsp3) is 0.524. The third kappa shape index (κ3) is 6.74. The van der Waals surface area contributed by atoms with Gasteiger partial charge in [0.2, 0.25) is 0 Å². The van der Waals surface area contributed by atoms with Gasteiger partial charge >= 0.3 is 0 Å². The smallest absolute Gasteiger partial charge is 0.191 e. The highest BCUT2D eigenvalue weighted by Crippen LogP contribution is 2.32. The first kappa shape index (κ1) is 23.7. The lowest BCUT2D eigenvalue weighted by Crippen LogP contribution is -2.36. The first-order chi connectivity index (χ1) is 13.6. The van der Waals surface area contributed by atoms with E-state index in [2.05, 4.69) is 26.7 Å². The van der Waals surface area contributed by atoms with E-state index in [4.69, 9.17) is 9.47 Å². The van der Waals surface area contributed by atoms with Crippen LogP contribution < -0.4 is 20.1 Å². The second kappa shape index (κ2) is 11.6. The van der Waals surface area contributed by atoms with E-state index in [9.17, 15) is 0 Å². The highest BCUT2D eigenvalue weighted by Gasteiger charge is 2.18. The fourth-order valence-corrected chi connectivity index (χ4v) is 4.29. The summed E-state index contributed by atoms with van der Waals surface area (Å²) in [6, 6.07) is 6.11. The topological polar surface area (TPSA) is 67.8 Å². The Morgan fingerprint density at radius 3 is 2.52 bits per heavy atom. The van der Waals surface area contributed by atoms with Crippen molar-refractivity contribution >= 4 is 41.3 Å². The van der Waals surface area contributed by atoms with Crippen molar-refractivity contribution in [1.29, 1.82) is 0 Å². The molecule has 1 fully saturated rings. The maximum atomic E-state index is 6.11. The van der Waals surface area contributed by atoms with Gasteiger partial charge in [-0.2, -0.15) is 0 Å². The van der Waals surface area contributed by atoms with Crippen LogP contribution in [0.25, 0.3) is 0 Å². The van der Waals surface area contributed by atoms with Crippen molar-refractivity contribution in [3.8, 4) is 11.5 Å². The number of nitrogens with one attached hydrogen (secondary N) is 2. The quantitative estimate of drug-likeness (QED) is 0.312. The predicted octanol–water partition coefficient (Wildman–Crippen LogP) is 4.57. The average Bonchev–Trinajstić information content (AvgIpc) is 3.31. The molecule has 1 aromatic heterocycles. The van der Waals surface area contributed by atoms with Crippen molar-refractivity contribution in [2.24, 2.45) is 4.99 Å². The molecule has 0 amide bonds. The molecule has 1 heterocycles. The lowest BCUT2D eigenvalue weighted by molar-refractivity contribution is 0.200. The Bertz CT molecular complexity index is 819. The van der Waals surface area contributed by atoms with Crippen molar-refractivity contribution in [2.75, 3.05) is 14.2 Å². The van der Waals surface area contributed by atoms with E-state index >= 15 is 0 Å². The average molecular weight is 530 g/mol. The molecular formula is C21H31IN4O2S. The molecule has 0 spiro atoms. The molecule has 6 nitrogen and oxygen atoms in total. The first-order valence-corrected chi connectivity index (χ1v) is 10.6. The first-order valence-electron chi connectivity index (χ1n) is 9.80. The zero-order valence-electron chi connectivity index (χ0n) is 17.6. The van der Waals surface area contributed by atoms with Crippen molar-refractivity contribution in [2.45, 2.75) is 58.7 Å². The Hall–Kier alpha value is -1.55. The minimum absolute atomic E-state index is 0. The zero-order chi connectivity index (χ0) is 19.9. The Labute approximate surface area is 194 Å². The number of benzene rings is 1. The third-order valence-corrected chi connectivity index (χ3v) is 6.00. The summed E-state index contributed by atoms with van der Waals surface area (Å²) in [6.07, 6.45) is 5.09. The minimum Gasteiger partial charge on any atom is -0.493 e. The molecule has 0 bridgehead atoms. The predicted molar refractivity (Wildman–Crippen MR) is 130 cm³/mol. The standard InChI is InChI=1S/C21H30N4O2S.HI/c1-14-20(28-15(2)25-14)13-24-21(22-3)23-12-16-9-10-18(19(11-16)26-4)27-17-7-5-6-8-17;/h9-11,17H,5-8,12-13H2,1-4H3,(H2,22,23,24);1H. The summed E-state index contributed by atoms with van der Waals surface area (Å²) in [5, 5.41) is 7.79. The summed E-state index contributed by atoms with van der Waals surface area (Å²) in [5.74, 6) is 2.37. The van der Waals surface area contributed by atoms with Crippen LogP contribution in [0.1, 0.15) is 46.8 Å². The molecule has 0 radical (unpaired) electrons. The van der Waals surface area contributed by atoms with E-state index in [-0.39, 0.29) is 24.0 Å². The second-order valence-corrected chi connectivity index (χ2v) is 8.32. The number of rotatable bonds is 7. The number of nitrogens with zero attached hydrogens (tertiary/aromatic N) is 2. The van der Waals surface area contributed by atoms with E-state index in [0.717, 1.165) is 46.6 Å². The molecule has 1 saturated carbocycles. The van der Waals surface area contributed by atoms with Crippen LogP contribution >= 0.6 is 35.3 Å². The summed E-state index contributed by atoms with van der Waals surface area (Å²) >= 11 is 1.71. The number of aliphatic imine (C=N–C) groups is 1. The monoisotopic (exact) mass is 530 g/mol. The SMILES string of the molecule is CN=C(NCc1ccc(OC2CCCC2)c(OC)c1)NCc1sc(C)nc1C.I. The van der Waals surface area contributed by atoms with Crippen LogP contribution in [0.15, 0.2) is 23.2 Å². The van der Waals surface area contributed by atoms with Gasteiger partial charge < -0.3 is 20.1 Å². The van der Waals surface area contributed by atoms with E-state index in [1.165, 1.54) is 17.7 Å². The van der Waals surface area contributed by atoms with E-state index in [1.54, 1.807) is 25.5 Å². The van der Waals surface area contributed by atoms with Gasteiger partial charge in [-0.05, 0) is 57.2 Å². The molecule has 8 heteroatoms. The number of methoxy groups -OCH3 is 1. The Morgan fingerprint density at radius 1 is 1.17 bits per heavy atom. The summed E-state index contributed by atoms with van der Waals surface area (Å²) in [6.45, 7) is 5.44. The van der Waals surface area contributed by atoms with Crippen LogP contribution in [-0.2, 0) is 13.1 Å². The largest absolute Gasteiger partial charge is 0.493 e. The van der Waals surface area contributed by atoms with Crippen molar-refractivity contribution in [3.05, 3.63) is 39.3 Å². The number of hydrogen-bond acceptors (Lipinski definition) is 5. The van der Waals surface area contributed by atoms with Crippen LogP contribution in [0.3, 0.4) is 0 Å². The van der Waals surface area contributed by atoms with Crippen LogP contribution in [0.4, 0.5) is 0 Å². The molecule has 0 unspecified atom stereocenters. The maximum absolute atomic E-state index is 6.11. The number of aromatic nitrogens is 1. The summed E-state index contributed by atoms with van der Waals surface area (Å²) < 4.78 is 11.7. The molecule has 1 aliphatic rings. The fourth-order valence-electron chi connectivity index (χ4n) is 3.41. The Kier molecular flexibility index (Phi) is 9.48. The molecule has 3 rings (SSSR count). The molecule has 0 saturated heterocycles. The molecular weight excluding hydrogens is 499 g/mol. The van der Waals surface area contributed by atoms with Crippen LogP contribution in [0, 0.1) is 13.8 Å². The van der Waals surface area contributed by atoms with Crippen molar-refractivity contribution in [1.82, 2.24) is 15.6 Å². The normalized spacial score (nSPS) is 14.4. The highest BCUT2D eigenvalue weighted by molar-refractivity contribution is 14.0. The van der Waals surface area contributed by atoms with Gasteiger partial charge in [-0.3, -0.25) is 4.99 Å². The Balaban J connectivity index is 0.00000300. The summed E-state index contributed by atoms with van der Waals surface area (Å²) in [5.41, 5.74) is 2.19. The number of hydrogen-bond donors (Lipinski definition) is 2. The van der Waals surface area contributed by atoms with Gasteiger partial charge in [0.25, 0.3) is 0 Å². The molecule has 0 aliphatic heterocycles. The zero-order valence-corrected chi connectivity index (χ0v) is 20.7. The Morgan fingerprint density at radius 2 is 1.90 bits per heavy atom. The number of aryl methyl sites for hydroxylation is 2. The second-order valence-electron chi connectivity index (χ2n) is 7.03. The molecule has 2 aromatic rings. The van der Waals surface area contributed by atoms with Gasteiger partial charge in [-0.1, -0.05) is 6.07 Å². The van der Waals surface area contributed by atoms with Crippen LogP contribution in [0.5, 0.6) is 11.5 Å². The highest BCUT2D eigenvalue weighted by atomic mass is 127. The van der Waals surface area contributed by atoms with Gasteiger partial charge in [0, 0.05) is 18.5 Å². The van der Waals surface area contributed by atoms with Crippen LogP contribution in [-0.4, -0.2) is 31.2 Å². The van der Waals surface area contributed by atoms with Gasteiger partial charge in [-0.25, -0.2) is 4.98 Å². The minimum atomic E-state index is 0. The number of thiazole rings is 1. The number of ether oxygens (including phenoxy) is 2. The molecule has 29 heavy (non-hydrogen) atoms. The van der Waals surface area contributed by atoms with Gasteiger partial charge in [0.15, 0.2) is 17.5 Å². The molecule has 2 N–H and O–H groups in total. The maximum Gasteiger partial charge on any atom is 0.191 e. The lowest BCUT2D eigenvalue weighted by atomic mass is 10.2. The van der Waals surface area contributed by atoms with Gasteiger partial charge in [-0.15, -0.1) is 35.3 Å². The van der Waals surface area contributed by atoms with Crippen LogP contribution in [0.2, 0.25) is 0 Å². The summed E-state index contributed by atoms with van der Waals surface area (Å²) in [7, 11) is 3.47. The molecule has 1 aromatic carbocycles. The summed E-state index contributed by atoms with van der Waals surface area (Å²) in [4.78, 5) is 10.0. The number of guanidine groups is 1. The molecule has 1 aliphatic carbocycles. The third-order valence-electron chi connectivity index (χ3n) is 4.92. The lowest BCUT2D eigenvalue weighted by Gasteiger charge is -2.17. The molecule has 160 valence electrons. The van der Waals surface area contributed by atoms with E-state index in [1.807, 2.05) is 26.0 Å². The van der Waals surface area contributed by atoms with Crippen molar-refractivity contribution in [3.63, 3.8) is 0 Å². The molecule has 0 atom stereocenters.